The van der Waals surface area contributed by atoms with E-state index in [4.69, 9.17) is 4.74 Å². The Labute approximate surface area is 126 Å². The number of ether oxygens (including phenoxy) is 1. The number of carbonyl (C=O) groups is 1. The molecule has 0 saturated carbocycles. The quantitative estimate of drug-likeness (QED) is 0.435. The van der Waals surface area contributed by atoms with Crippen LogP contribution in [0.15, 0.2) is 0 Å². The molecule has 0 unspecified atom stereocenters. The minimum Gasteiger partial charge on any atom is -0.465 e. The predicted octanol–water partition coefficient (Wildman–Crippen LogP) is 4.07. The standard InChI is InChI=1S/C9H12O2P.C4H4P.Fe/c1-4-11-9(10)8-7(3)6(2)5-12-8;1-2-4-5-3-1;/h5H,4H2,1-3H3;1-4H;. The van der Waals surface area contributed by atoms with Gasteiger partial charge in [0, 0.05) is 23.0 Å². The Morgan fingerprint density at radius 3 is 2.22 bits per heavy atom. The smallest absolute Gasteiger partial charge is 0.318 e. The summed E-state index contributed by atoms with van der Waals surface area (Å²) in [6, 6.07) is 0. The zero-order valence-corrected chi connectivity index (χ0v) is 13.6. The zero-order valence-electron chi connectivity index (χ0n) is 10.7. The maximum atomic E-state index is 11.3. The van der Waals surface area contributed by atoms with Gasteiger partial charge >= 0.3 is 5.97 Å². The molecule has 0 atom stereocenters. The molecule has 18 heavy (non-hydrogen) atoms. The Balaban J connectivity index is 0.000000405. The van der Waals surface area contributed by atoms with Gasteiger partial charge in [-0.3, -0.25) is 4.79 Å². The molecule has 0 bridgehead atoms. The molecule has 2 aliphatic rings. The first-order valence-electron chi connectivity index (χ1n) is 5.44. The van der Waals surface area contributed by atoms with Gasteiger partial charge in [0.15, 0.2) is 0 Å². The van der Waals surface area contributed by atoms with Crippen molar-refractivity contribution < 1.29 is 26.6 Å². The molecule has 10 radical (unpaired) electrons. The molecule has 2 nitrogen and oxygen atoms in total. The van der Waals surface area contributed by atoms with E-state index in [2.05, 4.69) is 12.3 Å². The number of hydrogen-bond donors (Lipinski definition) is 0. The molecule has 5 heteroatoms. The second-order valence-corrected chi connectivity index (χ2v) is 5.33. The average molecular weight is 322 g/mol. The molecule has 0 aromatic carbocycles. The van der Waals surface area contributed by atoms with Crippen molar-refractivity contribution in [1.82, 2.24) is 0 Å². The molecule has 2 rings (SSSR count). The zero-order chi connectivity index (χ0) is 12.7. The molecule has 2 fully saturated rings. The maximum Gasteiger partial charge on any atom is 0.318 e. The van der Waals surface area contributed by atoms with Gasteiger partial charge in [-0.05, 0) is 44.2 Å². The maximum absolute atomic E-state index is 11.3. The predicted molar refractivity (Wildman–Crippen MR) is 73.1 cm³/mol. The van der Waals surface area contributed by atoms with Crippen molar-refractivity contribution in [2.75, 3.05) is 6.61 Å². The summed E-state index contributed by atoms with van der Waals surface area (Å²) >= 11 is 0. The largest absolute Gasteiger partial charge is 0.465 e. The topological polar surface area (TPSA) is 26.3 Å². The second kappa shape index (κ2) is 10.6. The van der Waals surface area contributed by atoms with Crippen molar-refractivity contribution in [3.05, 3.63) is 48.8 Å². The summed E-state index contributed by atoms with van der Waals surface area (Å²) < 4.78 is 4.91. The monoisotopic (exact) mass is 322 g/mol. The minimum atomic E-state index is -0.176. The Hall–Kier alpha value is 0.849. The van der Waals surface area contributed by atoms with E-state index in [-0.39, 0.29) is 23.0 Å². The van der Waals surface area contributed by atoms with Crippen LogP contribution in [-0.4, -0.2) is 12.6 Å². The molecule has 0 aromatic heterocycles. The normalized spacial score (nSPS) is 22.4. The third kappa shape index (κ3) is 6.33. The molecule has 98 valence electrons. The summed E-state index contributed by atoms with van der Waals surface area (Å²) in [7, 11) is 2.30. The Bertz CT molecular complexity index is 227. The van der Waals surface area contributed by atoms with Crippen molar-refractivity contribution in [3.63, 3.8) is 0 Å². The van der Waals surface area contributed by atoms with Gasteiger partial charge in [0.05, 0.1) is 6.61 Å². The van der Waals surface area contributed by atoms with E-state index in [1.807, 2.05) is 39.8 Å². The molecule has 0 spiro atoms. The van der Waals surface area contributed by atoms with E-state index in [0.717, 1.165) is 20.2 Å². The van der Waals surface area contributed by atoms with E-state index >= 15 is 0 Å². The summed E-state index contributed by atoms with van der Waals surface area (Å²) in [5.74, 6) is 2.07. The first-order valence-corrected chi connectivity index (χ1v) is 7.44. The number of esters is 1. The number of rotatable bonds is 2. The Morgan fingerprint density at radius 2 is 1.89 bits per heavy atom. The van der Waals surface area contributed by atoms with Crippen LogP contribution in [0.2, 0.25) is 0 Å². The molecule has 2 saturated heterocycles. The minimum absolute atomic E-state index is 0. The molecule has 0 N–H and O–H groups in total. The van der Waals surface area contributed by atoms with Crippen LogP contribution < -0.4 is 0 Å². The Morgan fingerprint density at radius 1 is 1.28 bits per heavy atom. The van der Waals surface area contributed by atoms with Gasteiger partial charge in [0.25, 0.3) is 0 Å². The van der Waals surface area contributed by atoms with Gasteiger partial charge in [0.2, 0.25) is 0 Å². The number of carbonyl (C=O) groups excluding carboxylic acids is 1. The van der Waals surface area contributed by atoms with E-state index in [1.54, 1.807) is 0 Å². The van der Waals surface area contributed by atoms with Crippen LogP contribution >= 0.6 is 17.2 Å². The van der Waals surface area contributed by atoms with Crippen LogP contribution in [0, 0.1) is 48.8 Å². The van der Waals surface area contributed by atoms with Crippen LogP contribution in [0.1, 0.15) is 20.8 Å². The van der Waals surface area contributed by atoms with Gasteiger partial charge in [0.1, 0.15) is 5.66 Å². The fourth-order valence-corrected chi connectivity index (χ4v) is 2.75. The third-order valence-electron chi connectivity index (χ3n) is 2.26. The summed E-state index contributed by atoms with van der Waals surface area (Å²) in [6.07, 6.45) is 10.3. The van der Waals surface area contributed by atoms with Crippen LogP contribution in [0.3, 0.4) is 0 Å². The van der Waals surface area contributed by atoms with Gasteiger partial charge in [-0.2, -0.15) is 0 Å². The van der Waals surface area contributed by atoms with E-state index < -0.39 is 0 Å². The van der Waals surface area contributed by atoms with Crippen LogP contribution in [0.4, 0.5) is 0 Å². The summed E-state index contributed by atoms with van der Waals surface area (Å²) in [5, 5.41) is 0. The van der Waals surface area contributed by atoms with E-state index in [1.165, 1.54) is 14.5 Å². The van der Waals surface area contributed by atoms with E-state index in [9.17, 15) is 4.79 Å². The molecule has 2 heterocycles. The van der Waals surface area contributed by atoms with Gasteiger partial charge in [-0.1, -0.05) is 31.0 Å². The number of hydrogen-bond acceptors (Lipinski definition) is 2. The molecular formula is C13H16FeO2P2. The van der Waals surface area contributed by atoms with Crippen LogP contribution in [0.5, 0.6) is 0 Å². The van der Waals surface area contributed by atoms with Crippen LogP contribution in [0.25, 0.3) is 0 Å². The fraction of sp³-hybridized carbons (Fsp3) is 0.308. The molecule has 0 amide bonds. The van der Waals surface area contributed by atoms with Crippen LogP contribution in [-0.2, 0) is 26.6 Å². The molecular weight excluding hydrogens is 306 g/mol. The summed E-state index contributed by atoms with van der Waals surface area (Å²) in [4.78, 5) is 11.3. The summed E-state index contributed by atoms with van der Waals surface area (Å²) in [5.41, 5.74) is 0.786. The summed E-state index contributed by atoms with van der Waals surface area (Å²) in [6.45, 7) is 6.23. The molecule has 0 aliphatic carbocycles. The van der Waals surface area contributed by atoms with Crippen molar-refractivity contribution in [3.8, 4) is 0 Å². The van der Waals surface area contributed by atoms with Gasteiger partial charge in [-0.15, -0.1) is 0 Å². The van der Waals surface area contributed by atoms with Crippen molar-refractivity contribution in [2.24, 2.45) is 0 Å². The Kier molecular flexibility index (Phi) is 11.1. The fourth-order valence-electron chi connectivity index (χ4n) is 1.20. The van der Waals surface area contributed by atoms with Gasteiger partial charge < -0.3 is 4.74 Å². The first-order chi connectivity index (χ1) is 8.16. The van der Waals surface area contributed by atoms with Crippen molar-refractivity contribution >= 4 is 23.1 Å². The van der Waals surface area contributed by atoms with Crippen molar-refractivity contribution in [1.29, 1.82) is 0 Å². The van der Waals surface area contributed by atoms with Gasteiger partial charge in [-0.25, -0.2) is 0 Å². The first kappa shape index (κ1) is 18.8. The second-order valence-electron chi connectivity index (χ2n) is 3.47. The van der Waals surface area contributed by atoms with E-state index in [0.29, 0.717) is 6.61 Å². The average Bonchev–Trinajstić information content (AvgIpc) is 2.95. The molecule has 2 aliphatic heterocycles. The van der Waals surface area contributed by atoms with Crippen molar-refractivity contribution in [2.45, 2.75) is 20.8 Å². The SMILES string of the molecule is CCOC(=O)[C]1[P][CH][C](C)[C]1C.[CH]1[CH][CH][P][CH]1.[Fe]. The molecule has 0 aromatic rings. The third-order valence-corrected chi connectivity index (χ3v) is 4.24.